The summed E-state index contributed by atoms with van der Waals surface area (Å²) in [6, 6.07) is 8.75. The number of ether oxygens (including phenoxy) is 2. The van der Waals surface area contributed by atoms with Gasteiger partial charge in [-0.2, -0.15) is 5.10 Å². The second-order valence-corrected chi connectivity index (χ2v) is 4.99. The first-order valence-corrected chi connectivity index (χ1v) is 7.15. The lowest BCUT2D eigenvalue weighted by molar-refractivity contribution is 0.0945. The molecule has 1 amide bonds. The van der Waals surface area contributed by atoms with Gasteiger partial charge in [0.2, 0.25) is 6.79 Å². The summed E-state index contributed by atoms with van der Waals surface area (Å²) in [6.07, 6.45) is 2.90. The lowest BCUT2D eigenvalue weighted by Crippen LogP contribution is -2.24. The third kappa shape index (κ3) is 2.74. The number of hydrogen-bond donors (Lipinski definition) is 1. The lowest BCUT2D eigenvalue weighted by Gasteiger charge is -2.06. The fraction of sp³-hybridized carbons (Fsp3) is 0.133. The molecule has 0 saturated heterocycles. The van der Waals surface area contributed by atoms with Crippen molar-refractivity contribution in [1.29, 1.82) is 0 Å². The van der Waals surface area contributed by atoms with Crippen LogP contribution in [0.15, 0.2) is 43.0 Å². The number of carbonyl (C=O) groups excluding carboxylic acids is 1. The summed E-state index contributed by atoms with van der Waals surface area (Å²) >= 11 is 0. The summed E-state index contributed by atoms with van der Waals surface area (Å²) < 4.78 is 12.0. The highest BCUT2D eigenvalue weighted by Gasteiger charge is 2.14. The van der Waals surface area contributed by atoms with Gasteiger partial charge in [0.05, 0.1) is 0 Å². The lowest BCUT2D eigenvalue weighted by atomic mass is 10.2. The van der Waals surface area contributed by atoms with Gasteiger partial charge in [-0.1, -0.05) is 6.07 Å². The van der Waals surface area contributed by atoms with Gasteiger partial charge < -0.3 is 14.8 Å². The van der Waals surface area contributed by atoms with E-state index < -0.39 is 0 Å². The van der Waals surface area contributed by atoms with Crippen LogP contribution in [0.1, 0.15) is 16.1 Å². The van der Waals surface area contributed by atoms with Crippen LogP contribution in [0.25, 0.3) is 5.82 Å². The Morgan fingerprint density at radius 2 is 2.08 bits per heavy atom. The number of nitrogens with zero attached hydrogens (tertiary/aromatic N) is 5. The van der Waals surface area contributed by atoms with Gasteiger partial charge in [-0.25, -0.2) is 9.67 Å². The molecule has 0 radical (unpaired) electrons. The van der Waals surface area contributed by atoms with Crippen molar-refractivity contribution in [2.75, 3.05) is 6.79 Å². The van der Waals surface area contributed by atoms with Gasteiger partial charge in [0.1, 0.15) is 12.7 Å². The van der Waals surface area contributed by atoms with Crippen LogP contribution in [0.5, 0.6) is 11.5 Å². The summed E-state index contributed by atoms with van der Waals surface area (Å²) in [4.78, 5) is 16.0. The van der Waals surface area contributed by atoms with Crippen LogP contribution in [-0.2, 0) is 6.54 Å². The Morgan fingerprint density at radius 3 is 2.88 bits per heavy atom. The molecular formula is C15H12N6O3. The van der Waals surface area contributed by atoms with Crippen molar-refractivity contribution in [3.8, 4) is 17.3 Å². The van der Waals surface area contributed by atoms with E-state index >= 15 is 0 Å². The van der Waals surface area contributed by atoms with E-state index in [4.69, 9.17) is 9.47 Å². The number of amides is 1. The zero-order chi connectivity index (χ0) is 16.4. The Morgan fingerprint density at radius 1 is 1.17 bits per heavy atom. The Hall–Kier alpha value is -3.49. The summed E-state index contributed by atoms with van der Waals surface area (Å²) in [5.41, 5.74) is 1.12. The third-order valence-corrected chi connectivity index (χ3v) is 3.43. The number of carbonyl (C=O) groups is 1. The van der Waals surface area contributed by atoms with Crippen molar-refractivity contribution < 1.29 is 14.3 Å². The molecule has 0 bridgehead atoms. The quantitative estimate of drug-likeness (QED) is 0.754. The fourth-order valence-corrected chi connectivity index (χ4v) is 2.22. The van der Waals surface area contributed by atoms with E-state index in [-0.39, 0.29) is 18.4 Å². The minimum atomic E-state index is -0.315. The zero-order valence-electron chi connectivity index (χ0n) is 12.4. The monoisotopic (exact) mass is 324 g/mol. The van der Waals surface area contributed by atoms with Crippen molar-refractivity contribution in [2.45, 2.75) is 6.54 Å². The van der Waals surface area contributed by atoms with Crippen molar-refractivity contribution >= 4 is 5.91 Å². The second kappa shape index (κ2) is 5.95. The molecule has 0 atom stereocenters. The average molecular weight is 324 g/mol. The normalized spacial score (nSPS) is 12.2. The molecule has 1 N–H and O–H groups in total. The smallest absolute Gasteiger partial charge is 0.272 e. The van der Waals surface area contributed by atoms with Gasteiger partial charge in [0.25, 0.3) is 5.91 Å². The fourth-order valence-electron chi connectivity index (χ4n) is 2.22. The van der Waals surface area contributed by atoms with Crippen molar-refractivity contribution in [3.63, 3.8) is 0 Å². The van der Waals surface area contributed by atoms with Gasteiger partial charge in [0.15, 0.2) is 23.0 Å². The van der Waals surface area contributed by atoms with Gasteiger partial charge >= 0.3 is 0 Å². The molecule has 9 nitrogen and oxygen atoms in total. The Bertz CT molecular complexity index is 863. The maximum absolute atomic E-state index is 12.1. The van der Waals surface area contributed by atoms with Crippen molar-refractivity contribution in [1.82, 2.24) is 30.3 Å². The average Bonchev–Trinajstić information content (AvgIpc) is 3.31. The number of fused-ring (bicyclic) bond motifs is 1. The summed E-state index contributed by atoms with van der Waals surface area (Å²) in [5.74, 6) is 1.56. The number of rotatable bonds is 4. The maximum Gasteiger partial charge on any atom is 0.272 e. The minimum absolute atomic E-state index is 0.221. The molecule has 120 valence electrons. The topological polar surface area (TPSA) is 104 Å². The van der Waals surface area contributed by atoms with E-state index in [9.17, 15) is 4.79 Å². The maximum atomic E-state index is 12.1. The predicted molar refractivity (Wildman–Crippen MR) is 80.7 cm³/mol. The summed E-state index contributed by atoms with van der Waals surface area (Å²) in [5, 5.41) is 14.6. The molecule has 0 unspecified atom stereocenters. The largest absolute Gasteiger partial charge is 0.454 e. The molecule has 0 fully saturated rings. The molecule has 0 saturated carbocycles. The van der Waals surface area contributed by atoms with Crippen molar-refractivity contribution in [2.24, 2.45) is 0 Å². The standard InChI is InChI=1S/C15H12N6O3/c22-15(11-2-4-14(20-19-11)21-8-16-7-18-21)17-6-10-1-3-12-13(5-10)24-9-23-12/h1-5,7-8H,6,9H2,(H,17,22). The SMILES string of the molecule is O=C(NCc1ccc2c(c1)OCO2)c1ccc(-n2cncn2)nn1. The molecule has 24 heavy (non-hydrogen) atoms. The first kappa shape index (κ1) is 14.1. The zero-order valence-corrected chi connectivity index (χ0v) is 12.4. The van der Waals surface area contributed by atoms with E-state index in [0.29, 0.717) is 23.9 Å². The van der Waals surface area contributed by atoms with Gasteiger partial charge in [-0.05, 0) is 29.8 Å². The first-order chi connectivity index (χ1) is 11.8. The molecule has 3 aromatic rings. The van der Waals surface area contributed by atoms with E-state index in [0.717, 1.165) is 5.56 Å². The van der Waals surface area contributed by atoms with Crippen LogP contribution in [0.3, 0.4) is 0 Å². The van der Waals surface area contributed by atoms with Crippen LogP contribution < -0.4 is 14.8 Å². The Balaban J connectivity index is 1.41. The summed E-state index contributed by atoms with van der Waals surface area (Å²) in [6.45, 7) is 0.570. The van der Waals surface area contributed by atoms with E-state index in [1.165, 1.54) is 17.3 Å². The molecule has 9 heteroatoms. The molecule has 1 aliphatic rings. The highest BCUT2D eigenvalue weighted by molar-refractivity contribution is 5.92. The molecule has 2 aromatic heterocycles. The van der Waals surface area contributed by atoms with Crippen LogP contribution in [-0.4, -0.2) is 37.7 Å². The van der Waals surface area contributed by atoms with Crippen LogP contribution in [0.2, 0.25) is 0 Å². The molecule has 4 rings (SSSR count). The molecule has 0 aliphatic carbocycles. The van der Waals surface area contributed by atoms with E-state index in [1.807, 2.05) is 18.2 Å². The molecule has 1 aliphatic heterocycles. The van der Waals surface area contributed by atoms with Crippen molar-refractivity contribution in [3.05, 3.63) is 54.2 Å². The third-order valence-electron chi connectivity index (χ3n) is 3.43. The molecule has 1 aromatic carbocycles. The van der Waals surface area contributed by atoms with Gasteiger partial charge in [-0.15, -0.1) is 10.2 Å². The summed E-state index contributed by atoms with van der Waals surface area (Å²) in [7, 11) is 0. The van der Waals surface area contributed by atoms with Crippen LogP contribution >= 0.6 is 0 Å². The number of aromatic nitrogens is 5. The van der Waals surface area contributed by atoms with Crippen LogP contribution in [0, 0.1) is 0 Å². The molecule has 0 spiro atoms. The highest BCUT2D eigenvalue weighted by atomic mass is 16.7. The van der Waals surface area contributed by atoms with E-state index in [1.54, 1.807) is 12.1 Å². The van der Waals surface area contributed by atoms with Gasteiger partial charge in [0, 0.05) is 6.54 Å². The van der Waals surface area contributed by atoms with Gasteiger partial charge in [-0.3, -0.25) is 4.79 Å². The number of hydrogen-bond acceptors (Lipinski definition) is 7. The molecular weight excluding hydrogens is 312 g/mol. The van der Waals surface area contributed by atoms with E-state index in [2.05, 4.69) is 25.6 Å². The number of benzene rings is 1. The first-order valence-electron chi connectivity index (χ1n) is 7.15. The predicted octanol–water partition coefficient (Wildman–Crippen LogP) is 0.716. The van der Waals surface area contributed by atoms with Crippen LogP contribution in [0.4, 0.5) is 0 Å². The molecule has 3 heterocycles. The highest BCUT2D eigenvalue weighted by Crippen LogP contribution is 2.32. The Labute approximate surface area is 136 Å². The number of nitrogens with one attached hydrogen (secondary N) is 1. The minimum Gasteiger partial charge on any atom is -0.454 e. The Kier molecular flexibility index (Phi) is 3.50. The second-order valence-electron chi connectivity index (χ2n) is 4.99.